The summed E-state index contributed by atoms with van der Waals surface area (Å²) >= 11 is 0. The fourth-order valence-electron chi connectivity index (χ4n) is 2.48. The first-order valence-corrected chi connectivity index (χ1v) is 5.61. The zero-order chi connectivity index (χ0) is 10.3. The minimum atomic E-state index is 1.17. The van der Waals surface area contributed by atoms with E-state index < -0.39 is 0 Å². The smallest absolute Gasteiger partial charge is 0.0489 e. The zero-order valence-corrected chi connectivity index (χ0v) is 9.09. The molecule has 1 N–H and O–H groups in total. The number of aromatic amines is 1. The number of hydrogen-bond donors (Lipinski definition) is 1. The molecule has 0 spiro atoms. The third kappa shape index (κ3) is 1.45. The van der Waals surface area contributed by atoms with Crippen molar-refractivity contribution in [2.24, 2.45) is 0 Å². The van der Waals surface area contributed by atoms with Crippen LogP contribution in [0.3, 0.4) is 0 Å². The van der Waals surface area contributed by atoms with Gasteiger partial charge in [0.15, 0.2) is 0 Å². The number of fused-ring (bicyclic) bond motifs is 3. The van der Waals surface area contributed by atoms with Gasteiger partial charge in [0.05, 0.1) is 0 Å². The van der Waals surface area contributed by atoms with Gasteiger partial charge in [-0.05, 0) is 42.5 Å². The number of benzene rings is 1. The summed E-state index contributed by atoms with van der Waals surface area (Å²) in [5, 5.41) is 1.35. The Morgan fingerprint density at radius 3 is 2.93 bits per heavy atom. The van der Waals surface area contributed by atoms with Gasteiger partial charge in [-0.15, -0.1) is 0 Å². The first-order valence-electron chi connectivity index (χ1n) is 5.61. The molecular weight excluding hydrogens is 184 g/mol. The molecule has 1 aromatic heterocycles. The highest BCUT2D eigenvalue weighted by molar-refractivity contribution is 5.83. The second-order valence-electron chi connectivity index (χ2n) is 4.45. The minimum Gasteiger partial charge on any atom is -0.361 e. The Balaban J connectivity index is 2.17. The normalized spacial score (nSPS) is 17.7. The van der Waals surface area contributed by atoms with Crippen LogP contribution in [0.4, 0.5) is 0 Å². The maximum Gasteiger partial charge on any atom is 0.0489 e. The van der Waals surface area contributed by atoms with Crippen molar-refractivity contribution in [3.8, 4) is 0 Å². The summed E-state index contributed by atoms with van der Waals surface area (Å²) in [7, 11) is 2.21. The van der Waals surface area contributed by atoms with E-state index in [0.29, 0.717) is 0 Å². The second-order valence-corrected chi connectivity index (χ2v) is 4.45. The maximum absolute atomic E-state index is 3.37. The summed E-state index contributed by atoms with van der Waals surface area (Å²) in [5.74, 6) is 0. The molecule has 3 rings (SSSR count). The van der Waals surface area contributed by atoms with E-state index in [1.807, 2.05) is 6.20 Å². The average Bonchev–Trinajstić information content (AvgIpc) is 2.64. The molecule has 2 heteroatoms. The first-order chi connectivity index (χ1) is 7.34. The summed E-state index contributed by atoms with van der Waals surface area (Å²) in [5.41, 5.74) is 4.40. The van der Waals surface area contributed by atoms with Crippen molar-refractivity contribution in [1.82, 2.24) is 9.88 Å². The molecule has 0 saturated carbocycles. The first kappa shape index (κ1) is 8.98. The monoisotopic (exact) mass is 200 g/mol. The Labute approximate surface area is 89.9 Å². The molecule has 0 fully saturated rings. The van der Waals surface area contributed by atoms with Crippen LogP contribution in [0.2, 0.25) is 0 Å². The standard InChI is InChI=1S/C13H16N2/c1-15-8-5-10-2-3-11-4-7-14-13(11)12(10)6-9-15/h2-4,7,14H,5-6,8-9H2,1H3. The molecule has 0 bridgehead atoms. The van der Waals surface area contributed by atoms with Crippen molar-refractivity contribution in [2.45, 2.75) is 12.8 Å². The Morgan fingerprint density at radius 2 is 2.00 bits per heavy atom. The van der Waals surface area contributed by atoms with Gasteiger partial charge < -0.3 is 9.88 Å². The lowest BCUT2D eigenvalue weighted by Crippen LogP contribution is -2.20. The molecule has 78 valence electrons. The molecule has 0 unspecified atom stereocenters. The minimum absolute atomic E-state index is 1.17. The quantitative estimate of drug-likeness (QED) is 0.690. The highest BCUT2D eigenvalue weighted by Crippen LogP contribution is 2.24. The fraction of sp³-hybridized carbons (Fsp3) is 0.385. The number of aromatic nitrogens is 1. The molecule has 1 aliphatic heterocycles. The fourth-order valence-corrected chi connectivity index (χ4v) is 2.48. The lowest BCUT2D eigenvalue weighted by molar-refractivity contribution is 0.352. The van der Waals surface area contributed by atoms with Crippen LogP contribution in [0.15, 0.2) is 24.4 Å². The number of nitrogens with zero attached hydrogens (tertiary/aromatic N) is 1. The van der Waals surface area contributed by atoms with Crippen LogP contribution in [0.5, 0.6) is 0 Å². The van der Waals surface area contributed by atoms with Crippen molar-refractivity contribution in [3.05, 3.63) is 35.5 Å². The van der Waals surface area contributed by atoms with Gasteiger partial charge in [0, 0.05) is 24.8 Å². The van der Waals surface area contributed by atoms with Crippen molar-refractivity contribution >= 4 is 10.9 Å². The number of H-pyrrole nitrogens is 1. The molecule has 2 aromatic rings. The summed E-state index contributed by atoms with van der Waals surface area (Å²) < 4.78 is 0. The molecule has 0 amide bonds. The van der Waals surface area contributed by atoms with Gasteiger partial charge in [0.1, 0.15) is 0 Å². The average molecular weight is 200 g/mol. The van der Waals surface area contributed by atoms with Gasteiger partial charge in [-0.25, -0.2) is 0 Å². The molecule has 2 heterocycles. The van der Waals surface area contributed by atoms with E-state index in [0.717, 1.165) is 0 Å². The van der Waals surface area contributed by atoms with Crippen LogP contribution in [0.25, 0.3) is 10.9 Å². The van der Waals surface area contributed by atoms with Gasteiger partial charge in [0.2, 0.25) is 0 Å². The van der Waals surface area contributed by atoms with Crippen molar-refractivity contribution in [3.63, 3.8) is 0 Å². The highest BCUT2D eigenvalue weighted by atomic mass is 15.1. The number of likely N-dealkylation sites (N-methyl/N-ethyl adjacent to an activating group) is 1. The second kappa shape index (κ2) is 3.38. The van der Waals surface area contributed by atoms with E-state index in [9.17, 15) is 0 Å². The van der Waals surface area contributed by atoms with Gasteiger partial charge in [-0.3, -0.25) is 0 Å². The topological polar surface area (TPSA) is 19.0 Å². The summed E-state index contributed by atoms with van der Waals surface area (Å²) in [6.07, 6.45) is 4.39. The predicted octanol–water partition coefficient (Wildman–Crippen LogP) is 2.20. The van der Waals surface area contributed by atoms with Crippen LogP contribution >= 0.6 is 0 Å². The van der Waals surface area contributed by atoms with Crippen molar-refractivity contribution in [1.29, 1.82) is 0 Å². The Bertz CT molecular complexity index is 484. The highest BCUT2D eigenvalue weighted by Gasteiger charge is 2.13. The molecule has 0 aliphatic carbocycles. The van der Waals surface area contributed by atoms with E-state index in [1.54, 1.807) is 0 Å². The third-order valence-electron chi connectivity index (χ3n) is 3.44. The van der Waals surface area contributed by atoms with Crippen LogP contribution in [-0.2, 0) is 12.8 Å². The van der Waals surface area contributed by atoms with Crippen molar-refractivity contribution < 1.29 is 0 Å². The summed E-state index contributed by atoms with van der Waals surface area (Å²) in [6, 6.07) is 6.69. The molecule has 15 heavy (non-hydrogen) atoms. The SMILES string of the molecule is CN1CCc2ccc3cc[nH]c3c2CC1. The number of rotatable bonds is 0. The zero-order valence-electron chi connectivity index (χ0n) is 9.09. The molecule has 1 aliphatic rings. The van der Waals surface area contributed by atoms with Crippen LogP contribution in [0.1, 0.15) is 11.1 Å². The van der Waals surface area contributed by atoms with E-state index >= 15 is 0 Å². The van der Waals surface area contributed by atoms with Gasteiger partial charge in [-0.2, -0.15) is 0 Å². The lowest BCUT2D eigenvalue weighted by Gasteiger charge is -2.10. The molecule has 2 nitrogen and oxygen atoms in total. The van der Waals surface area contributed by atoms with Crippen LogP contribution < -0.4 is 0 Å². The molecule has 0 radical (unpaired) electrons. The van der Waals surface area contributed by atoms with Gasteiger partial charge in [0.25, 0.3) is 0 Å². The Hall–Kier alpha value is -1.28. The molecule has 0 atom stereocenters. The Kier molecular flexibility index (Phi) is 2.03. The van der Waals surface area contributed by atoms with E-state index in [2.05, 4.69) is 35.1 Å². The molecule has 0 saturated heterocycles. The van der Waals surface area contributed by atoms with Crippen molar-refractivity contribution in [2.75, 3.05) is 20.1 Å². The van der Waals surface area contributed by atoms with Crippen LogP contribution in [0, 0.1) is 0 Å². The molecular formula is C13H16N2. The summed E-state index contributed by atoms with van der Waals surface area (Å²) in [6.45, 7) is 2.35. The summed E-state index contributed by atoms with van der Waals surface area (Å²) in [4.78, 5) is 5.78. The number of hydrogen-bond acceptors (Lipinski definition) is 1. The van der Waals surface area contributed by atoms with E-state index in [-0.39, 0.29) is 0 Å². The van der Waals surface area contributed by atoms with Gasteiger partial charge >= 0.3 is 0 Å². The van der Waals surface area contributed by atoms with E-state index in [1.165, 1.54) is 48.0 Å². The van der Waals surface area contributed by atoms with E-state index in [4.69, 9.17) is 0 Å². The largest absolute Gasteiger partial charge is 0.361 e. The van der Waals surface area contributed by atoms with Gasteiger partial charge in [-0.1, -0.05) is 12.1 Å². The lowest BCUT2D eigenvalue weighted by atomic mass is 10.0. The van der Waals surface area contributed by atoms with Crippen LogP contribution in [-0.4, -0.2) is 30.0 Å². The Morgan fingerprint density at radius 1 is 1.13 bits per heavy atom. The predicted molar refractivity (Wildman–Crippen MR) is 63.2 cm³/mol. The molecule has 1 aromatic carbocycles. The maximum atomic E-state index is 3.37. The number of nitrogens with one attached hydrogen (secondary N) is 1. The third-order valence-corrected chi connectivity index (χ3v) is 3.44.